The second kappa shape index (κ2) is 8.74. The Labute approximate surface area is 158 Å². The fraction of sp³-hybridized carbons (Fsp3) is 0.125. The molecule has 126 valence electrons. The van der Waals surface area contributed by atoms with Crippen LogP contribution >= 0.6 is 34.2 Å². The van der Waals surface area contributed by atoms with Gasteiger partial charge in [-0.3, -0.25) is 10.2 Å². The maximum atomic E-state index is 12.0. The summed E-state index contributed by atoms with van der Waals surface area (Å²) < 4.78 is 5.81. The predicted molar refractivity (Wildman–Crippen MR) is 102 cm³/mol. The van der Waals surface area contributed by atoms with Crippen molar-refractivity contribution in [2.24, 2.45) is 0 Å². The molecule has 24 heavy (non-hydrogen) atoms. The Bertz CT molecular complexity index is 738. The molecule has 0 radical (unpaired) electrons. The van der Waals surface area contributed by atoms with Crippen LogP contribution in [0.5, 0.6) is 5.75 Å². The number of rotatable bonds is 4. The van der Waals surface area contributed by atoms with Gasteiger partial charge in [-0.2, -0.15) is 0 Å². The van der Waals surface area contributed by atoms with Gasteiger partial charge >= 0.3 is 6.03 Å². The molecule has 2 aromatic rings. The van der Waals surface area contributed by atoms with Gasteiger partial charge in [-0.15, -0.1) is 0 Å². The number of benzene rings is 2. The van der Waals surface area contributed by atoms with E-state index in [0.29, 0.717) is 26.6 Å². The number of hydrazine groups is 1. The lowest BCUT2D eigenvalue weighted by atomic mass is 10.2. The number of aryl methyl sites for hydroxylation is 1. The van der Waals surface area contributed by atoms with Gasteiger partial charge in [0.1, 0.15) is 10.4 Å². The minimum absolute atomic E-state index is 0.398. The Morgan fingerprint density at radius 3 is 2.46 bits per heavy atom. The lowest BCUT2D eigenvalue weighted by molar-refractivity contribution is 0.0938. The van der Waals surface area contributed by atoms with E-state index in [0.717, 1.165) is 5.56 Å². The van der Waals surface area contributed by atoms with Gasteiger partial charge < -0.3 is 10.1 Å². The average Bonchev–Trinajstić information content (AvgIpc) is 2.57. The largest absolute Gasteiger partial charge is 0.483 e. The van der Waals surface area contributed by atoms with Crippen molar-refractivity contribution in [2.45, 2.75) is 6.92 Å². The number of carbonyl (C=O) groups excluding carboxylic acids is 2. The van der Waals surface area contributed by atoms with Crippen LogP contribution in [0.4, 0.5) is 10.5 Å². The molecule has 0 atom stereocenters. The second-order valence-corrected chi connectivity index (χ2v) is 5.81. The van der Waals surface area contributed by atoms with Gasteiger partial charge in [0.15, 0.2) is 0 Å². The van der Waals surface area contributed by atoms with Crippen LogP contribution < -0.4 is 20.9 Å². The number of nitrogens with one attached hydrogen (secondary N) is 3. The summed E-state index contributed by atoms with van der Waals surface area (Å²) in [5.74, 6) is 0.232. The monoisotopic (exact) mass is 459 g/mol. The fourth-order valence-electron chi connectivity index (χ4n) is 1.78. The van der Waals surface area contributed by atoms with Crippen LogP contribution in [0, 0.1) is 6.92 Å². The first-order valence-electron chi connectivity index (χ1n) is 6.92. The molecular formula is C16H15ClIN3O3. The summed E-state index contributed by atoms with van der Waals surface area (Å²) in [7, 11) is 0. The van der Waals surface area contributed by atoms with Crippen LogP contribution in [0.2, 0.25) is 5.02 Å². The summed E-state index contributed by atoms with van der Waals surface area (Å²) in [6, 6.07) is 11.1. The van der Waals surface area contributed by atoms with Crippen molar-refractivity contribution in [3.05, 3.63) is 58.6 Å². The molecule has 8 heteroatoms. The van der Waals surface area contributed by atoms with Gasteiger partial charge in [0, 0.05) is 16.3 Å². The first-order valence-corrected chi connectivity index (χ1v) is 8.82. The molecule has 0 aliphatic heterocycles. The number of urea groups is 1. The summed E-state index contributed by atoms with van der Waals surface area (Å²) in [5.41, 5.74) is 6.43. The molecule has 0 spiro atoms. The molecule has 0 aliphatic carbocycles. The van der Waals surface area contributed by atoms with Crippen molar-refractivity contribution < 1.29 is 14.3 Å². The molecule has 0 aromatic heterocycles. The molecule has 0 heterocycles. The van der Waals surface area contributed by atoms with Crippen molar-refractivity contribution in [1.29, 1.82) is 0 Å². The standard InChI is InChI=1S/C16H15ClIN3O3/c1-10-2-5-12(8-14(10)17)19-16(23)21-20-15(22)11-3-6-13(7-4-11)24-9-18/h2-8H,9H2,1H3,(H,20,22)(H2,19,21,23). The highest BCUT2D eigenvalue weighted by molar-refractivity contribution is 14.1. The second-order valence-electron chi connectivity index (χ2n) is 4.78. The summed E-state index contributed by atoms with van der Waals surface area (Å²) in [4.78, 5) is 23.7. The van der Waals surface area contributed by atoms with Crippen LogP contribution in [-0.2, 0) is 0 Å². The summed E-state index contributed by atoms with van der Waals surface area (Å²) in [6.07, 6.45) is 0. The maximum Gasteiger partial charge on any atom is 0.337 e. The normalized spacial score (nSPS) is 9.96. The zero-order valence-corrected chi connectivity index (χ0v) is 15.6. The Hall–Kier alpha value is -2.00. The minimum atomic E-state index is -0.576. The molecule has 3 N–H and O–H groups in total. The summed E-state index contributed by atoms with van der Waals surface area (Å²) >= 11 is 8.07. The van der Waals surface area contributed by atoms with E-state index in [4.69, 9.17) is 16.3 Å². The molecule has 2 rings (SSSR count). The van der Waals surface area contributed by atoms with Gasteiger partial charge in [0.05, 0.1) is 0 Å². The Morgan fingerprint density at radius 2 is 1.83 bits per heavy atom. The zero-order chi connectivity index (χ0) is 17.5. The van der Waals surface area contributed by atoms with Gasteiger partial charge in [0.2, 0.25) is 0 Å². The van der Waals surface area contributed by atoms with E-state index in [9.17, 15) is 9.59 Å². The molecule has 0 unspecified atom stereocenters. The summed E-state index contributed by atoms with van der Waals surface area (Å²) in [5, 5.41) is 3.12. The molecule has 0 saturated heterocycles. The smallest absolute Gasteiger partial charge is 0.337 e. The highest BCUT2D eigenvalue weighted by atomic mass is 127. The molecule has 6 nitrogen and oxygen atoms in total. The van der Waals surface area contributed by atoms with Crippen LogP contribution in [0.1, 0.15) is 15.9 Å². The third-order valence-corrected chi connectivity index (χ3v) is 3.78. The number of anilines is 1. The quantitative estimate of drug-likeness (QED) is 0.369. The molecule has 0 saturated carbocycles. The number of hydrogen-bond donors (Lipinski definition) is 3. The third-order valence-electron chi connectivity index (χ3n) is 3.06. The van der Waals surface area contributed by atoms with Gasteiger partial charge in [-0.1, -0.05) is 17.7 Å². The van der Waals surface area contributed by atoms with E-state index in [1.165, 1.54) is 0 Å². The van der Waals surface area contributed by atoms with Crippen LogP contribution in [-0.4, -0.2) is 16.6 Å². The Morgan fingerprint density at radius 1 is 1.12 bits per heavy atom. The van der Waals surface area contributed by atoms with Crippen LogP contribution in [0.25, 0.3) is 0 Å². The number of ether oxygens (including phenoxy) is 1. The van der Waals surface area contributed by atoms with E-state index in [-0.39, 0.29) is 0 Å². The first kappa shape index (κ1) is 18.3. The molecule has 3 amide bonds. The van der Waals surface area contributed by atoms with E-state index in [1.807, 2.05) is 6.92 Å². The van der Waals surface area contributed by atoms with Crippen LogP contribution in [0.15, 0.2) is 42.5 Å². The SMILES string of the molecule is Cc1ccc(NC(=O)NNC(=O)c2ccc(OCI)cc2)cc1Cl. The molecule has 0 fully saturated rings. The Balaban J connectivity index is 1.86. The zero-order valence-electron chi connectivity index (χ0n) is 12.7. The number of halogens is 2. The number of alkyl halides is 1. The molecule has 0 bridgehead atoms. The van der Waals surface area contributed by atoms with Gasteiger partial charge in [0.25, 0.3) is 5.91 Å². The topological polar surface area (TPSA) is 79.5 Å². The average molecular weight is 460 g/mol. The maximum absolute atomic E-state index is 12.0. The lowest BCUT2D eigenvalue weighted by Crippen LogP contribution is -2.43. The van der Waals surface area contributed by atoms with Gasteiger partial charge in [-0.05, 0) is 71.5 Å². The van der Waals surface area contributed by atoms with Crippen molar-refractivity contribution in [2.75, 3.05) is 9.93 Å². The highest BCUT2D eigenvalue weighted by Crippen LogP contribution is 2.19. The number of amides is 3. The van der Waals surface area contributed by atoms with E-state index in [2.05, 4.69) is 38.8 Å². The van der Waals surface area contributed by atoms with Crippen molar-refractivity contribution >= 4 is 51.8 Å². The van der Waals surface area contributed by atoms with Crippen molar-refractivity contribution in [1.82, 2.24) is 10.9 Å². The third kappa shape index (κ3) is 5.27. The number of carbonyl (C=O) groups is 2. The number of hydrogen-bond acceptors (Lipinski definition) is 3. The minimum Gasteiger partial charge on any atom is -0.483 e. The first-order chi connectivity index (χ1) is 11.5. The van der Waals surface area contributed by atoms with E-state index < -0.39 is 11.9 Å². The Kier molecular flexibility index (Phi) is 6.68. The van der Waals surface area contributed by atoms with Crippen molar-refractivity contribution in [3.8, 4) is 5.75 Å². The lowest BCUT2D eigenvalue weighted by Gasteiger charge is -2.10. The van der Waals surface area contributed by atoms with Gasteiger partial charge in [-0.25, -0.2) is 10.2 Å². The van der Waals surface area contributed by atoms with E-state index >= 15 is 0 Å². The van der Waals surface area contributed by atoms with Crippen molar-refractivity contribution in [3.63, 3.8) is 0 Å². The molecular weight excluding hydrogens is 445 g/mol. The van der Waals surface area contributed by atoms with E-state index in [1.54, 1.807) is 42.5 Å². The predicted octanol–water partition coefficient (Wildman–Crippen LogP) is 3.89. The van der Waals surface area contributed by atoms with Crippen LogP contribution in [0.3, 0.4) is 0 Å². The highest BCUT2D eigenvalue weighted by Gasteiger charge is 2.08. The molecule has 2 aromatic carbocycles. The fourth-order valence-corrected chi connectivity index (χ4v) is 2.32. The molecule has 0 aliphatic rings. The summed E-state index contributed by atoms with van der Waals surface area (Å²) in [6.45, 7) is 1.86.